The van der Waals surface area contributed by atoms with E-state index < -0.39 is 0 Å². The fourth-order valence-corrected chi connectivity index (χ4v) is 3.76. The molecule has 21 heavy (non-hydrogen) atoms. The molecule has 1 fully saturated rings. The van der Waals surface area contributed by atoms with E-state index in [1.54, 1.807) is 0 Å². The summed E-state index contributed by atoms with van der Waals surface area (Å²) >= 11 is 0. The van der Waals surface area contributed by atoms with Gasteiger partial charge >= 0.3 is 0 Å². The Morgan fingerprint density at radius 2 is 2.14 bits per heavy atom. The molecule has 0 saturated heterocycles. The lowest BCUT2D eigenvalue weighted by atomic mass is 9.71. The van der Waals surface area contributed by atoms with E-state index in [-0.39, 0.29) is 0 Å². The number of hydrogen-bond acceptors (Lipinski definition) is 2. The second-order valence-corrected chi connectivity index (χ2v) is 7.23. The molecule has 1 N–H and O–H groups in total. The summed E-state index contributed by atoms with van der Waals surface area (Å²) < 4.78 is 1.92. The Labute approximate surface area is 130 Å². The minimum Gasteiger partial charge on any atom is -0.314 e. The van der Waals surface area contributed by atoms with E-state index in [9.17, 15) is 0 Å². The fourth-order valence-electron chi connectivity index (χ4n) is 3.76. The van der Waals surface area contributed by atoms with E-state index in [0.29, 0.717) is 6.04 Å². The Balaban J connectivity index is 1.89. The van der Waals surface area contributed by atoms with Crippen molar-refractivity contribution < 1.29 is 0 Å². The van der Waals surface area contributed by atoms with E-state index in [1.807, 2.05) is 17.9 Å². The highest BCUT2D eigenvalue weighted by Crippen LogP contribution is 2.37. The zero-order chi connectivity index (χ0) is 15.2. The predicted octanol–water partition coefficient (Wildman–Crippen LogP) is 3.79. The van der Waals surface area contributed by atoms with Crippen LogP contribution in [0.4, 0.5) is 0 Å². The lowest BCUT2D eigenvalue weighted by Gasteiger charge is -2.36. The van der Waals surface area contributed by atoms with Crippen molar-refractivity contribution in [2.45, 2.75) is 65.3 Å². The van der Waals surface area contributed by atoms with Gasteiger partial charge in [0.1, 0.15) is 0 Å². The zero-order valence-corrected chi connectivity index (χ0v) is 14.3. The molecule has 3 nitrogen and oxygen atoms in total. The number of nitrogens with one attached hydrogen (secondary N) is 1. The highest BCUT2D eigenvalue weighted by Gasteiger charge is 2.29. The van der Waals surface area contributed by atoms with Crippen molar-refractivity contribution in [1.29, 1.82) is 0 Å². The third kappa shape index (κ3) is 5.14. The van der Waals surface area contributed by atoms with Crippen molar-refractivity contribution >= 4 is 0 Å². The molecule has 0 bridgehead atoms. The molecule has 1 aromatic heterocycles. The van der Waals surface area contributed by atoms with Gasteiger partial charge in [0.05, 0.1) is 6.20 Å². The van der Waals surface area contributed by atoms with Crippen LogP contribution in [0.3, 0.4) is 0 Å². The van der Waals surface area contributed by atoms with Crippen LogP contribution in [0.5, 0.6) is 0 Å². The molecule has 0 aromatic carbocycles. The molecule has 120 valence electrons. The maximum atomic E-state index is 4.29. The topological polar surface area (TPSA) is 29.9 Å². The molecule has 3 atom stereocenters. The average Bonchev–Trinajstić information content (AvgIpc) is 2.88. The predicted molar refractivity (Wildman–Crippen MR) is 89.3 cm³/mol. The quantitative estimate of drug-likeness (QED) is 0.828. The largest absolute Gasteiger partial charge is 0.314 e. The molecule has 1 saturated carbocycles. The van der Waals surface area contributed by atoms with Crippen LogP contribution in [0, 0.1) is 17.8 Å². The van der Waals surface area contributed by atoms with Crippen molar-refractivity contribution in [1.82, 2.24) is 15.1 Å². The lowest BCUT2D eigenvalue weighted by Crippen LogP contribution is -2.36. The number of rotatable bonds is 7. The van der Waals surface area contributed by atoms with Gasteiger partial charge in [0, 0.05) is 19.3 Å². The summed E-state index contributed by atoms with van der Waals surface area (Å²) in [5.74, 6) is 2.71. The van der Waals surface area contributed by atoms with Gasteiger partial charge in [-0.3, -0.25) is 4.68 Å². The van der Waals surface area contributed by atoms with Gasteiger partial charge in [-0.2, -0.15) is 5.10 Å². The summed E-state index contributed by atoms with van der Waals surface area (Å²) in [6.07, 6.45) is 12.3. The van der Waals surface area contributed by atoms with Gasteiger partial charge in [-0.1, -0.05) is 33.6 Å². The summed E-state index contributed by atoms with van der Waals surface area (Å²) in [4.78, 5) is 0. The summed E-state index contributed by atoms with van der Waals surface area (Å²) in [7, 11) is 2.01. The molecule has 3 heteroatoms. The second-order valence-electron chi connectivity index (χ2n) is 7.23. The standard InChI is InChI=1S/C18H33N3/c1-5-15-6-9-18(12-19-14(2)3)17(10-15)8-7-16-11-20-21(4)13-16/h11,13-15,17-19H,5-10,12H2,1-4H3. The Morgan fingerprint density at radius 3 is 2.76 bits per heavy atom. The summed E-state index contributed by atoms with van der Waals surface area (Å²) in [5.41, 5.74) is 1.40. The first-order valence-electron chi connectivity index (χ1n) is 8.79. The normalized spacial score (nSPS) is 26.4. The number of aryl methyl sites for hydroxylation is 2. The molecule has 1 aromatic rings. The van der Waals surface area contributed by atoms with E-state index >= 15 is 0 Å². The first kappa shape index (κ1) is 16.5. The minimum absolute atomic E-state index is 0.605. The maximum Gasteiger partial charge on any atom is 0.0521 e. The van der Waals surface area contributed by atoms with Crippen LogP contribution >= 0.6 is 0 Å². The number of hydrogen-bond donors (Lipinski definition) is 1. The van der Waals surface area contributed by atoms with Gasteiger partial charge in [-0.25, -0.2) is 0 Å². The lowest BCUT2D eigenvalue weighted by molar-refractivity contribution is 0.161. The number of aromatic nitrogens is 2. The van der Waals surface area contributed by atoms with Gasteiger partial charge in [-0.05, 0) is 55.5 Å². The molecular weight excluding hydrogens is 258 g/mol. The highest BCUT2D eigenvalue weighted by molar-refractivity contribution is 5.04. The van der Waals surface area contributed by atoms with Crippen LogP contribution in [0.15, 0.2) is 12.4 Å². The fraction of sp³-hybridized carbons (Fsp3) is 0.833. The zero-order valence-electron chi connectivity index (χ0n) is 14.3. The molecular formula is C18H33N3. The van der Waals surface area contributed by atoms with E-state index in [2.05, 4.69) is 37.4 Å². The van der Waals surface area contributed by atoms with Crippen LogP contribution in [-0.4, -0.2) is 22.4 Å². The number of nitrogens with zero attached hydrogens (tertiary/aromatic N) is 2. The second kappa shape index (κ2) is 7.98. The van der Waals surface area contributed by atoms with Crippen molar-refractivity contribution in [3.63, 3.8) is 0 Å². The van der Waals surface area contributed by atoms with E-state index in [1.165, 1.54) is 50.6 Å². The third-order valence-corrected chi connectivity index (χ3v) is 5.18. The maximum absolute atomic E-state index is 4.29. The van der Waals surface area contributed by atoms with Crippen LogP contribution in [-0.2, 0) is 13.5 Å². The third-order valence-electron chi connectivity index (χ3n) is 5.18. The van der Waals surface area contributed by atoms with Gasteiger partial charge in [-0.15, -0.1) is 0 Å². The van der Waals surface area contributed by atoms with Crippen LogP contribution in [0.1, 0.15) is 58.4 Å². The van der Waals surface area contributed by atoms with Crippen LogP contribution < -0.4 is 5.32 Å². The van der Waals surface area contributed by atoms with Crippen molar-refractivity contribution in [2.24, 2.45) is 24.8 Å². The van der Waals surface area contributed by atoms with Gasteiger partial charge < -0.3 is 5.32 Å². The van der Waals surface area contributed by atoms with Gasteiger partial charge in [0.25, 0.3) is 0 Å². The van der Waals surface area contributed by atoms with Crippen molar-refractivity contribution in [3.8, 4) is 0 Å². The van der Waals surface area contributed by atoms with Crippen LogP contribution in [0.2, 0.25) is 0 Å². The molecule has 2 rings (SSSR count). The van der Waals surface area contributed by atoms with Crippen LogP contribution in [0.25, 0.3) is 0 Å². The molecule has 0 radical (unpaired) electrons. The molecule has 3 unspecified atom stereocenters. The van der Waals surface area contributed by atoms with E-state index in [0.717, 1.165) is 17.8 Å². The van der Waals surface area contributed by atoms with Gasteiger partial charge in [0.2, 0.25) is 0 Å². The summed E-state index contributed by atoms with van der Waals surface area (Å²) in [6, 6.07) is 0.605. The Hall–Kier alpha value is -0.830. The summed E-state index contributed by atoms with van der Waals surface area (Å²) in [5, 5.41) is 7.96. The Bertz CT molecular complexity index is 410. The molecule has 0 amide bonds. The molecule has 0 aliphatic heterocycles. The summed E-state index contributed by atoms with van der Waals surface area (Å²) in [6.45, 7) is 8.06. The van der Waals surface area contributed by atoms with Crippen molar-refractivity contribution in [2.75, 3.05) is 6.54 Å². The van der Waals surface area contributed by atoms with Gasteiger partial charge in [0.15, 0.2) is 0 Å². The molecule has 1 heterocycles. The highest BCUT2D eigenvalue weighted by atomic mass is 15.2. The van der Waals surface area contributed by atoms with Crippen molar-refractivity contribution in [3.05, 3.63) is 18.0 Å². The SMILES string of the molecule is CCC1CCC(CNC(C)C)C(CCc2cnn(C)c2)C1. The first-order valence-corrected chi connectivity index (χ1v) is 8.79. The Kier molecular flexibility index (Phi) is 6.28. The first-order chi connectivity index (χ1) is 10.1. The molecule has 0 spiro atoms. The minimum atomic E-state index is 0.605. The smallest absolute Gasteiger partial charge is 0.0521 e. The molecule has 1 aliphatic carbocycles. The molecule has 1 aliphatic rings. The monoisotopic (exact) mass is 291 g/mol. The Morgan fingerprint density at radius 1 is 1.33 bits per heavy atom. The average molecular weight is 291 g/mol. The van der Waals surface area contributed by atoms with E-state index in [4.69, 9.17) is 0 Å².